The molecule has 1 heterocycles. The normalized spacial score (nSPS) is 10.2. The Bertz CT molecular complexity index is 197. The summed E-state index contributed by atoms with van der Waals surface area (Å²) in [4.78, 5) is 0. The fourth-order valence-corrected chi connectivity index (χ4v) is 0.805. The van der Waals surface area contributed by atoms with E-state index in [1.54, 1.807) is 13.3 Å². The maximum atomic E-state index is 4.93. The molecule has 0 aromatic carbocycles. The van der Waals surface area contributed by atoms with E-state index >= 15 is 0 Å². The minimum absolute atomic E-state index is 0.584. The second-order valence-corrected chi connectivity index (χ2v) is 1.97. The van der Waals surface area contributed by atoms with Crippen LogP contribution in [0.25, 0.3) is 0 Å². The summed E-state index contributed by atoms with van der Waals surface area (Å²) in [5.74, 6) is 0. The summed E-state index contributed by atoms with van der Waals surface area (Å²) in [5, 5.41) is 7.58. The van der Waals surface area contributed by atoms with Gasteiger partial charge in [-0.05, 0) is 6.92 Å². The molecule has 10 heavy (non-hydrogen) atoms. The van der Waals surface area contributed by atoms with Crippen LogP contribution in [0.4, 0.5) is 0 Å². The van der Waals surface area contributed by atoms with E-state index in [9.17, 15) is 0 Å². The Morgan fingerprint density at radius 2 is 2.50 bits per heavy atom. The maximum Gasteiger partial charge on any atom is 0.0897 e. The Hall–Kier alpha value is -0.900. The molecular weight excluding hydrogens is 130 g/mol. The van der Waals surface area contributed by atoms with Crippen molar-refractivity contribution in [2.75, 3.05) is 7.11 Å². The average molecular weight is 141 g/mol. The van der Waals surface area contributed by atoms with Crippen molar-refractivity contribution >= 4 is 0 Å². The molecule has 0 aliphatic carbocycles. The summed E-state index contributed by atoms with van der Waals surface area (Å²) >= 11 is 0. The largest absolute Gasteiger partial charge is 0.378 e. The van der Waals surface area contributed by atoms with Crippen LogP contribution in [-0.2, 0) is 17.9 Å². The Labute approximate surface area is 59.8 Å². The molecule has 0 aliphatic rings. The average Bonchev–Trinajstić information content (AvgIpc) is 2.36. The van der Waals surface area contributed by atoms with E-state index in [4.69, 9.17) is 4.74 Å². The molecule has 56 valence electrons. The predicted octanol–water partition coefficient (Wildman–Crippen LogP) is 0.444. The summed E-state index contributed by atoms with van der Waals surface area (Å²) in [5.41, 5.74) is 1.02. The quantitative estimate of drug-likeness (QED) is 0.613. The molecule has 0 fully saturated rings. The highest BCUT2D eigenvalue weighted by molar-refractivity contribution is 4.90. The first-order valence-electron chi connectivity index (χ1n) is 3.24. The van der Waals surface area contributed by atoms with Crippen molar-refractivity contribution < 1.29 is 4.74 Å². The van der Waals surface area contributed by atoms with Crippen molar-refractivity contribution in [3.05, 3.63) is 11.9 Å². The van der Waals surface area contributed by atoms with Crippen molar-refractivity contribution in [1.29, 1.82) is 0 Å². The summed E-state index contributed by atoms with van der Waals surface area (Å²) in [6, 6.07) is 0. The van der Waals surface area contributed by atoms with Gasteiger partial charge in [0.2, 0.25) is 0 Å². The van der Waals surface area contributed by atoms with Gasteiger partial charge in [-0.15, -0.1) is 5.10 Å². The van der Waals surface area contributed by atoms with E-state index in [0.29, 0.717) is 6.61 Å². The summed E-state index contributed by atoms with van der Waals surface area (Å²) in [6.45, 7) is 3.45. The zero-order valence-electron chi connectivity index (χ0n) is 6.24. The fourth-order valence-electron chi connectivity index (χ4n) is 0.805. The number of rotatable bonds is 3. The third kappa shape index (κ3) is 1.33. The van der Waals surface area contributed by atoms with Crippen molar-refractivity contribution in [3.8, 4) is 0 Å². The van der Waals surface area contributed by atoms with E-state index in [2.05, 4.69) is 10.3 Å². The monoisotopic (exact) mass is 141 g/mol. The second-order valence-electron chi connectivity index (χ2n) is 1.97. The maximum absolute atomic E-state index is 4.93. The highest BCUT2D eigenvalue weighted by Crippen LogP contribution is 1.96. The van der Waals surface area contributed by atoms with Crippen molar-refractivity contribution in [2.24, 2.45) is 0 Å². The van der Waals surface area contributed by atoms with Gasteiger partial charge < -0.3 is 4.74 Å². The standard InChI is InChI=1S/C6H11N3O/c1-3-9-6(5-10-2)4-7-8-9/h4H,3,5H2,1-2H3. The third-order valence-corrected chi connectivity index (χ3v) is 1.29. The molecule has 0 radical (unpaired) electrons. The van der Waals surface area contributed by atoms with Crippen LogP contribution in [0.5, 0.6) is 0 Å². The summed E-state index contributed by atoms with van der Waals surface area (Å²) < 4.78 is 6.74. The highest BCUT2D eigenvalue weighted by Gasteiger charge is 1.98. The molecule has 0 saturated heterocycles. The van der Waals surface area contributed by atoms with Crippen LogP contribution in [0.3, 0.4) is 0 Å². The summed E-state index contributed by atoms with van der Waals surface area (Å²) in [7, 11) is 1.66. The van der Waals surface area contributed by atoms with Crippen LogP contribution in [0, 0.1) is 0 Å². The molecule has 1 aromatic heterocycles. The van der Waals surface area contributed by atoms with Gasteiger partial charge in [0.15, 0.2) is 0 Å². The Balaban J connectivity index is 2.70. The molecule has 0 amide bonds. The first-order chi connectivity index (χ1) is 4.88. The number of hydrogen-bond donors (Lipinski definition) is 0. The van der Waals surface area contributed by atoms with Crippen LogP contribution in [-0.4, -0.2) is 22.1 Å². The zero-order valence-corrected chi connectivity index (χ0v) is 6.24. The minimum atomic E-state index is 0.584. The Kier molecular flexibility index (Phi) is 2.39. The number of aryl methyl sites for hydroxylation is 1. The first-order valence-corrected chi connectivity index (χ1v) is 3.24. The predicted molar refractivity (Wildman–Crippen MR) is 36.4 cm³/mol. The minimum Gasteiger partial charge on any atom is -0.378 e. The molecule has 0 N–H and O–H groups in total. The van der Waals surface area contributed by atoms with E-state index in [-0.39, 0.29) is 0 Å². The molecule has 1 aromatic rings. The van der Waals surface area contributed by atoms with E-state index < -0.39 is 0 Å². The van der Waals surface area contributed by atoms with Gasteiger partial charge in [0.25, 0.3) is 0 Å². The van der Waals surface area contributed by atoms with Gasteiger partial charge in [-0.1, -0.05) is 5.21 Å². The molecule has 0 spiro atoms. The number of hydrogen-bond acceptors (Lipinski definition) is 3. The topological polar surface area (TPSA) is 39.9 Å². The van der Waals surface area contributed by atoms with Gasteiger partial charge in [-0.3, -0.25) is 0 Å². The van der Waals surface area contributed by atoms with Crippen LogP contribution in [0.15, 0.2) is 6.20 Å². The van der Waals surface area contributed by atoms with Crippen LogP contribution in [0.2, 0.25) is 0 Å². The molecule has 0 atom stereocenters. The first kappa shape index (κ1) is 7.21. The van der Waals surface area contributed by atoms with Gasteiger partial charge >= 0.3 is 0 Å². The lowest BCUT2D eigenvalue weighted by Crippen LogP contribution is -2.03. The second kappa shape index (κ2) is 3.31. The van der Waals surface area contributed by atoms with Gasteiger partial charge in [0.05, 0.1) is 18.5 Å². The molecule has 1 rings (SSSR count). The van der Waals surface area contributed by atoms with E-state index in [0.717, 1.165) is 12.2 Å². The number of methoxy groups -OCH3 is 1. The molecule has 4 nitrogen and oxygen atoms in total. The van der Waals surface area contributed by atoms with Crippen molar-refractivity contribution in [2.45, 2.75) is 20.1 Å². The van der Waals surface area contributed by atoms with E-state index in [1.807, 2.05) is 11.6 Å². The molecule has 4 heteroatoms. The van der Waals surface area contributed by atoms with Gasteiger partial charge in [0.1, 0.15) is 0 Å². The lowest BCUT2D eigenvalue weighted by Gasteiger charge is -1.99. The molecule has 0 aliphatic heterocycles. The lowest BCUT2D eigenvalue weighted by molar-refractivity contribution is 0.177. The highest BCUT2D eigenvalue weighted by atomic mass is 16.5. The SMILES string of the molecule is CCn1nncc1COC. The van der Waals surface area contributed by atoms with Crippen LogP contribution < -0.4 is 0 Å². The molecular formula is C6H11N3O. The Morgan fingerprint density at radius 1 is 1.70 bits per heavy atom. The van der Waals surface area contributed by atoms with Gasteiger partial charge in [-0.25, -0.2) is 4.68 Å². The molecule has 0 saturated carbocycles. The molecule has 0 unspecified atom stereocenters. The number of nitrogens with zero attached hydrogens (tertiary/aromatic N) is 3. The van der Waals surface area contributed by atoms with Gasteiger partial charge in [-0.2, -0.15) is 0 Å². The van der Waals surface area contributed by atoms with Crippen molar-refractivity contribution in [1.82, 2.24) is 15.0 Å². The molecule has 0 bridgehead atoms. The van der Waals surface area contributed by atoms with Crippen LogP contribution >= 0.6 is 0 Å². The van der Waals surface area contributed by atoms with Gasteiger partial charge in [0, 0.05) is 13.7 Å². The fraction of sp³-hybridized carbons (Fsp3) is 0.667. The lowest BCUT2D eigenvalue weighted by atomic mass is 10.5. The third-order valence-electron chi connectivity index (χ3n) is 1.29. The number of aromatic nitrogens is 3. The Morgan fingerprint density at radius 3 is 3.10 bits per heavy atom. The zero-order chi connectivity index (χ0) is 7.40. The van der Waals surface area contributed by atoms with E-state index in [1.165, 1.54) is 0 Å². The van der Waals surface area contributed by atoms with Crippen LogP contribution in [0.1, 0.15) is 12.6 Å². The summed E-state index contributed by atoms with van der Waals surface area (Å²) in [6.07, 6.45) is 1.72. The smallest absolute Gasteiger partial charge is 0.0897 e. The number of ether oxygens (including phenoxy) is 1. The van der Waals surface area contributed by atoms with Crippen molar-refractivity contribution in [3.63, 3.8) is 0 Å².